The lowest BCUT2D eigenvalue weighted by atomic mass is 10.3. The Balaban J connectivity index is 2.14. The second kappa shape index (κ2) is 4.39. The third-order valence-electron chi connectivity index (χ3n) is 1.82. The first-order valence-electron chi connectivity index (χ1n) is 4.54. The lowest BCUT2D eigenvalue weighted by Crippen LogP contribution is -1.99. The van der Waals surface area contributed by atoms with E-state index >= 15 is 0 Å². The molecule has 0 spiro atoms. The Morgan fingerprint density at radius 3 is 2.62 bits per heavy atom. The Labute approximate surface area is 91.4 Å². The minimum Gasteiger partial charge on any atom is -0.477 e. The SMILES string of the molecule is O=C(O)c1ccc(Oc2ccccn2)cn1. The Kier molecular flexibility index (Phi) is 2.77. The van der Waals surface area contributed by atoms with Gasteiger partial charge in [0.2, 0.25) is 5.88 Å². The number of carboxylic acid groups (broad SMARTS) is 1. The Hall–Kier alpha value is -2.43. The summed E-state index contributed by atoms with van der Waals surface area (Å²) in [6.45, 7) is 0. The lowest BCUT2D eigenvalue weighted by Gasteiger charge is -2.03. The first-order valence-corrected chi connectivity index (χ1v) is 4.54. The van der Waals surface area contributed by atoms with E-state index in [1.165, 1.54) is 18.3 Å². The van der Waals surface area contributed by atoms with Gasteiger partial charge in [-0.15, -0.1) is 0 Å². The molecule has 2 rings (SSSR count). The van der Waals surface area contributed by atoms with Crippen LogP contribution in [-0.2, 0) is 0 Å². The van der Waals surface area contributed by atoms with Crippen LogP contribution in [0.1, 0.15) is 10.5 Å². The Morgan fingerprint density at radius 2 is 2.06 bits per heavy atom. The van der Waals surface area contributed by atoms with Crippen molar-refractivity contribution in [2.75, 3.05) is 0 Å². The van der Waals surface area contributed by atoms with Crippen LogP contribution in [0, 0.1) is 0 Å². The van der Waals surface area contributed by atoms with Gasteiger partial charge >= 0.3 is 5.97 Å². The third-order valence-corrected chi connectivity index (χ3v) is 1.82. The number of carbonyl (C=O) groups is 1. The number of hydrogen-bond donors (Lipinski definition) is 1. The molecule has 5 nitrogen and oxygen atoms in total. The van der Waals surface area contributed by atoms with Crippen molar-refractivity contribution in [2.45, 2.75) is 0 Å². The summed E-state index contributed by atoms with van der Waals surface area (Å²) in [5.41, 5.74) is -0.0200. The van der Waals surface area contributed by atoms with E-state index in [0.717, 1.165) is 0 Å². The van der Waals surface area contributed by atoms with Gasteiger partial charge in [-0.2, -0.15) is 0 Å². The van der Waals surface area contributed by atoms with Gasteiger partial charge < -0.3 is 9.84 Å². The fourth-order valence-corrected chi connectivity index (χ4v) is 1.10. The number of hydrogen-bond acceptors (Lipinski definition) is 4. The first-order chi connectivity index (χ1) is 7.75. The van der Waals surface area contributed by atoms with Crippen LogP contribution < -0.4 is 4.74 Å². The molecule has 2 aromatic heterocycles. The summed E-state index contributed by atoms with van der Waals surface area (Å²) in [5, 5.41) is 8.65. The van der Waals surface area contributed by atoms with Gasteiger partial charge in [-0.25, -0.2) is 14.8 Å². The van der Waals surface area contributed by atoms with Gasteiger partial charge in [0.25, 0.3) is 0 Å². The molecule has 0 radical (unpaired) electrons. The van der Waals surface area contributed by atoms with E-state index in [0.29, 0.717) is 11.6 Å². The highest BCUT2D eigenvalue weighted by atomic mass is 16.5. The van der Waals surface area contributed by atoms with Crippen molar-refractivity contribution in [1.82, 2.24) is 9.97 Å². The number of pyridine rings is 2. The number of carboxylic acids is 1. The molecule has 0 fully saturated rings. The summed E-state index contributed by atoms with van der Waals surface area (Å²) in [4.78, 5) is 18.2. The summed E-state index contributed by atoms with van der Waals surface area (Å²) in [6, 6.07) is 8.18. The van der Waals surface area contributed by atoms with E-state index in [4.69, 9.17) is 9.84 Å². The number of nitrogens with zero attached hydrogens (tertiary/aromatic N) is 2. The molecule has 0 bridgehead atoms. The van der Waals surface area contributed by atoms with Gasteiger partial charge in [-0.3, -0.25) is 0 Å². The largest absolute Gasteiger partial charge is 0.477 e. The minimum atomic E-state index is -1.07. The molecule has 0 aromatic carbocycles. The summed E-state index contributed by atoms with van der Waals surface area (Å²) >= 11 is 0. The highest BCUT2D eigenvalue weighted by Crippen LogP contribution is 2.17. The van der Waals surface area contributed by atoms with Gasteiger partial charge in [0.15, 0.2) is 0 Å². The Bertz CT molecular complexity index is 482. The summed E-state index contributed by atoms with van der Waals surface area (Å²) < 4.78 is 5.35. The summed E-state index contributed by atoms with van der Waals surface area (Å²) in [7, 11) is 0. The topological polar surface area (TPSA) is 72.3 Å². The summed E-state index contributed by atoms with van der Waals surface area (Å²) in [5.74, 6) is -0.180. The number of rotatable bonds is 3. The molecule has 2 aromatic rings. The van der Waals surface area contributed by atoms with Crippen molar-refractivity contribution in [3.8, 4) is 11.6 Å². The van der Waals surface area contributed by atoms with Crippen LogP contribution in [-0.4, -0.2) is 21.0 Å². The predicted molar refractivity (Wildman–Crippen MR) is 55.5 cm³/mol. The van der Waals surface area contributed by atoms with Crippen molar-refractivity contribution in [3.05, 3.63) is 48.4 Å². The lowest BCUT2D eigenvalue weighted by molar-refractivity contribution is 0.0690. The van der Waals surface area contributed by atoms with Crippen molar-refractivity contribution >= 4 is 5.97 Å². The smallest absolute Gasteiger partial charge is 0.354 e. The molecule has 0 saturated heterocycles. The molecule has 0 amide bonds. The zero-order valence-corrected chi connectivity index (χ0v) is 8.20. The van der Waals surface area contributed by atoms with E-state index < -0.39 is 5.97 Å². The van der Waals surface area contributed by atoms with E-state index in [1.807, 2.05) is 0 Å². The molecule has 16 heavy (non-hydrogen) atoms. The molecule has 1 N–H and O–H groups in total. The first kappa shape index (κ1) is 10.1. The molecular weight excluding hydrogens is 208 g/mol. The van der Waals surface area contributed by atoms with Crippen molar-refractivity contribution in [3.63, 3.8) is 0 Å². The second-order valence-electron chi connectivity index (χ2n) is 2.95. The quantitative estimate of drug-likeness (QED) is 0.849. The van der Waals surface area contributed by atoms with Crippen molar-refractivity contribution in [2.24, 2.45) is 0 Å². The molecule has 0 saturated carbocycles. The highest BCUT2D eigenvalue weighted by Gasteiger charge is 2.04. The molecular formula is C11H8N2O3. The summed E-state index contributed by atoms with van der Waals surface area (Å²) in [6.07, 6.45) is 2.95. The Morgan fingerprint density at radius 1 is 1.19 bits per heavy atom. The van der Waals surface area contributed by atoms with E-state index in [9.17, 15) is 4.79 Å². The standard InChI is InChI=1S/C11H8N2O3/c14-11(15)9-5-4-8(7-13-9)16-10-3-1-2-6-12-10/h1-7H,(H,14,15). The van der Waals surface area contributed by atoms with Crippen LogP contribution in [0.2, 0.25) is 0 Å². The molecule has 5 heteroatoms. The highest BCUT2D eigenvalue weighted by molar-refractivity contribution is 5.85. The van der Waals surface area contributed by atoms with Gasteiger partial charge in [0.05, 0.1) is 6.20 Å². The average molecular weight is 216 g/mol. The average Bonchev–Trinajstić information content (AvgIpc) is 2.31. The van der Waals surface area contributed by atoms with E-state index in [-0.39, 0.29) is 5.69 Å². The number of aromatic nitrogens is 2. The van der Waals surface area contributed by atoms with Gasteiger partial charge in [0, 0.05) is 12.3 Å². The van der Waals surface area contributed by atoms with E-state index in [1.54, 1.807) is 24.4 Å². The molecule has 0 unspecified atom stereocenters. The molecule has 0 aliphatic rings. The van der Waals surface area contributed by atoms with Crippen LogP contribution >= 0.6 is 0 Å². The molecule has 0 aliphatic carbocycles. The predicted octanol–water partition coefficient (Wildman–Crippen LogP) is 1.97. The number of aromatic carboxylic acids is 1. The number of ether oxygens (including phenoxy) is 1. The normalized spacial score (nSPS) is 9.75. The van der Waals surface area contributed by atoms with Gasteiger partial charge in [-0.05, 0) is 18.2 Å². The maximum absolute atomic E-state index is 10.6. The zero-order valence-electron chi connectivity index (χ0n) is 8.20. The maximum atomic E-state index is 10.6. The van der Waals surface area contributed by atoms with Crippen molar-refractivity contribution < 1.29 is 14.6 Å². The van der Waals surface area contributed by atoms with Crippen LogP contribution in [0.4, 0.5) is 0 Å². The van der Waals surface area contributed by atoms with Crippen molar-refractivity contribution in [1.29, 1.82) is 0 Å². The molecule has 80 valence electrons. The van der Waals surface area contributed by atoms with Crippen LogP contribution in [0.5, 0.6) is 11.6 Å². The second-order valence-corrected chi connectivity index (χ2v) is 2.95. The van der Waals surface area contributed by atoms with E-state index in [2.05, 4.69) is 9.97 Å². The molecule has 2 heterocycles. The van der Waals surface area contributed by atoms with Crippen LogP contribution in [0.15, 0.2) is 42.7 Å². The van der Waals surface area contributed by atoms with Crippen LogP contribution in [0.3, 0.4) is 0 Å². The fourth-order valence-electron chi connectivity index (χ4n) is 1.10. The maximum Gasteiger partial charge on any atom is 0.354 e. The monoisotopic (exact) mass is 216 g/mol. The zero-order chi connectivity index (χ0) is 11.4. The van der Waals surface area contributed by atoms with Gasteiger partial charge in [0.1, 0.15) is 11.4 Å². The third kappa shape index (κ3) is 2.33. The van der Waals surface area contributed by atoms with Crippen LogP contribution in [0.25, 0.3) is 0 Å². The molecule has 0 atom stereocenters. The fraction of sp³-hybridized carbons (Fsp3) is 0. The minimum absolute atomic E-state index is 0.0200. The van der Waals surface area contributed by atoms with Gasteiger partial charge in [-0.1, -0.05) is 6.07 Å². The molecule has 0 aliphatic heterocycles.